The molecule has 2 rings (SSSR count). The van der Waals surface area contributed by atoms with Crippen molar-refractivity contribution in [2.45, 2.75) is 19.1 Å². The second kappa shape index (κ2) is 6.95. The van der Waals surface area contributed by atoms with Crippen LogP contribution in [0.4, 0.5) is 11.4 Å². The van der Waals surface area contributed by atoms with Gasteiger partial charge in [-0.05, 0) is 42.3 Å². The van der Waals surface area contributed by atoms with Gasteiger partial charge < -0.3 is 15.5 Å². The first kappa shape index (κ1) is 17.2. The number of hydrogen-bond donors (Lipinski definition) is 3. The summed E-state index contributed by atoms with van der Waals surface area (Å²) in [5.41, 5.74) is -0.0135. The lowest BCUT2D eigenvalue weighted by atomic mass is 9.96. The first-order valence-corrected chi connectivity index (χ1v) is 7.32. The molecule has 0 saturated carbocycles. The number of rotatable bonds is 6. The van der Waals surface area contributed by atoms with Crippen molar-refractivity contribution >= 4 is 23.0 Å². The lowest BCUT2D eigenvalue weighted by Crippen LogP contribution is -2.30. The standard InChI is InChI=1S/C16H17ClN2O4/c1-16(21,12-3-2-4-13(17)8-12)10-18-14-7-11(9-20)5-6-15(14)19(22)23/h2-8,18,20-21H,9-10H2,1H3. The van der Waals surface area contributed by atoms with E-state index in [1.165, 1.54) is 18.2 Å². The first-order valence-electron chi connectivity index (χ1n) is 6.94. The topological polar surface area (TPSA) is 95.6 Å². The number of nitrogens with zero attached hydrogens (tertiary/aromatic N) is 1. The van der Waals surface area contributed by atoms with Gasteiger partial charge in [-0.3, -0.25) is 10.1 Å². The van der Waals surface area contributed by atoms with Crippen LogP contribution in [0, 0.1) is 10.1 Å². The molecule has 2 aromatic carbocycles. The third-order valence-corrected chi connectivity index (χ3v) is 3.74. The highest BCUT2D eigenvalue weighted by molar-refractivity contribution is 6.30. The average molecular weight is 337 g/mol. The Hall–Kier alpha value is -2.15. The van der Waals surface area contributed by atoms with Crippen LogP contribution in [0.3, 0.4) is 0 Å². The molecule has 1 atom stereocenters. The number of nitrogens with one attached hydrogen (secondary N) is 1. The normalized spacial score (nSPS) is 13.4. The van der Waals surface area contributed by atoms with Crippen molar-refractivity contribution in [3.8, 4) is 0 Å². The average Bonchev–Trinajstić information content (AvgIpc) is 2.52. The number of hydrogen-bond acceptors (Lipinski definition) is 5. The molecule has 0 aliphatic rings. The van der Waals surface area contributed by atoms with Gasteiger partial charge >= 0.3 is 0 Å². The van der Waals surface area contributed by atoms with E-state index < -0.39 is 10.5 Å². The fourth-order valence-electron chi connectivity index (χ4n) is 2.18. The van der Waals surface area contributed by atoms with Crippen LogP contribution < -0.4 is 5.32 Å². The van der Waals surface area contributed by atoms with Crippen molar-refractivity contribution in [2.24, 2.45) is 0 Å². The largest absolute Gasteiger partial charge is 0.392 e. The number of aliphatic hydroxyl groups is 2. The number of benzene rings is 2. The summed E-state index contributed by atoms with van der Waals surface area (Å²) in [4.78, 5) is 10.6. The maximum Gasteiger partial charge on any atom is 0.292 e. The molecule has 0 heterocycles. The monoisotopic (exact) mass is 336 g/mol. The van der Waals surface area contributed by atoms with E-state index in [4.69, 9.17) is 16.7 Å². The number of anilines is 1. The zero-order chi connectivity index (χ0) is 17.0. The van der Waals surface area contributed by atoms with Crippen LogP contribution in [0.25, 0.3) is 0 Å². The van der Waals surface area contributed by atoms with Gasteiger partial charge in [-0.15, -0.1) is 0 Å². The van der Waals surface area contributed by atoms with Crippen LogP contribution in [0.2, 0.25) is 5.02 Å². The minimum absolute atomic E-state index is 0.0447. The van der Waals surface area contributed by atoms with E-state index in [9.17, 15) is 15.2 Å². The molecule has 1 unspecified atom stereocenters. The predicted octanol–water partition coefficient (Wildman–Crippen LogP) is 3.06. The Bertz CT molecular complexity index is 719. The Morgan fingerprint density at radius 3 is 2.65 bits per heavy atom. The van der Waals surface area contributed by atoms with E-state index in [0.717, 1.165) is 0 Å². The quantitative estimate of drug-likeness (QED) is 0.556. The highest BCUT2D eigenvalue weighted by Gasteiger charge is 2.25. The molecule has 0 aromatic heterocycles. The maximum absolute atomic E-state index is 11.1. The second-order valence-electron chi connectivity index (χ2n) is 5.40. The van der Waals surface area contributed by atoms with Gasteiger partial charge in [0.15, 0.2) is 0 Å². The minimum atomic E-state index is -1.27. The molecular weight excluding hydrogens is 320 g/mol. The van der Waals surface area contributed by atoms with Gasteiger partial charge in [-0.25, -0.2) is 0 Å². The van der Waals surface area contributed by atoms with Gasteiger partial charge in [0.1, 0.15) is 11.3 Å². The molecule has 7 heteroatoms. The van der Waals surface area contributed by atoms with E-state index in [2.05, 4.69) is 5.32 Å². The van der Waals surface area contributed by atoms with Gasteiger partial charge in [0.05, 0.1) is 11.5 Å². The predicted molar refractivity (Wildman–Crippen MR) is 88.5 cm³/mol. The van der Waals surface area contributed by atoms with E-state index in [1.54, 1.807) is 31.2 Å². The van der Waals surface area contributed by atoms with E-state index in [-0.39, 0.29) is 24.5 Å². The third kappa shape index (κ3) is 4.19. The minimum Gasteiger partial charge on any atom is -0.392 e. The Kier molecular flexibility index (Phi) is 5.20. The molecule has 0 aliphatic carbocycles. The Morgan fingerprint density at radius 1 is 1.30 bits per heavy atom. The summed E-state index contributed by atoms with van der Waals surface area (Å²) in [6.45, 7) is 1.41. The summed E-state index contributed by atoms with van der Waals surface area (Å²) in [7, 11) is 0. The summed E-state index contributed by atoms with van der Waals surface area (Å²) >= 11 is 5.93. The lowest BCUT2D eigenvalue weighted by Gasteiger charge is -2.25. The highest BCUT2D eigenvalue weighted by Crippen LogP contribution is 2.28. The van der Waals surface area contributed by atoms with Crippen molar-refractivity contribution in [1.29, 1.82) is 0 Å². The molecule has 0 saturated heterocycles. The van der Waals surface area contributed by atoms with Crippen molar-refractivity contribution in [1.82, 2.24) is 0 Å². The Balaban J connectivity index is 2.24. The van der Waals surface area contributed by atoms with Gasteiger partial charge in [0.25, 0.3) is 5.69 Å². The van der Waals surface area contributed by atoms with Crippen LogP contribution in [-0.4, -0.2) is 21.7 Å². The first-order chi connectivity index (χ1) is 10.8. The number of aliphatic hydroxyl groups excluding tert-OH is 1. The molecule has 0 radical (unpaired) electrons. The molecule has 122 valence electrons. The van der Waals surface area contributed by atoms with Crippen molar-refractivity contribution in [3.63, 3.8) is 0 Å². The summed E-state index contributed by atoms with van der Waals surface area (Å²) in [6, 6.07) is 11.1. The zero-order valence-electron chi connectivity index (χ0n) is 12.5. The Morgan fingerprint density at radius 2 is 2.04 bits per heavy atom. The van der Waals surface area contributed by atoms with Crippen molar-refractivity contribution in [2.75, 3.05) is 11.9 Å². The summed E-state index contributed by atoms with van der Waals surface area (Å²) in [5, 5.41) is 34.2. The molecule has 0 amide bonds. The molecule has 0 aliphatic heterocycles. The smallest absolute Gasteiger partial charge is 0.292 e. The lowest BCUT2D eigenvalue weighted by molar-refractivity contribution is -0.384. The van der Waals surface area contributed by atoms with Crippen LogP contribution in [0.1, 0.15) is 18.1 Å². The highest BCUT2D eigenvalue weighted by atomic mass is 35.5. The summed E-state index contributed by atoms with van der Waals surface area (Å²) in [5.74, 6) is 0. The maximum atomic E-state index is 11.1. The Labute approximate surface area is 138 Å². The molecule has 0 bridgehead atoms. The molecule has 2 aromatic rings. The van der Waals surface area contributed by atoms with Crippen LogP contribution in [-0.2, 0) is 12.2 Å². The number of nitro groups is 1. The molecule has 3 N–H and O–H groups in total. The fourth-order valence-corrected chi connectivity index (χ4v) is 2.37. The zero-order valence-corrected chi connectivity index (χ0v) is 13.2. The van der Waals surface area contributed by atoms with E-state index in [0.29, 0.717) is 16.1 Å². The third-order valence-electron chi connectivity index (χ3n) is 3.51. The molecular formula is C16H17ClN2O4. The van der Waals surface area contributed by atoms with E-state index in [1.807, 2.05) is 0 Å². The molecule has 0 fully saturated rings. The van der Waals surface area contributed by atoms with Gasteiger partial charge in [-0.1, -0.05) is 23.7 Å². The summed E-state index contributed by atoms with van der Waals surface area (Å²) < 4.78 is 0. The molecule has 0 spiro atoms. The van der Waals surface area contributed by atoms with Crippen molar-refractivity contribution in [3.05, 3.63) is 68.7 Å². The summed E-state index contributed by atoms with van der Waals surface area (Å²) in [6.07, 6.45) is 0. The van der Waals surface area contributed by atoms with Crippen LogP contribution >= 0.6 is 11.6 Å². The SMILES string of the molecule is CC(O)(CNc1cc(CO)ccc1[N+](=O)[O-])c1cccc(Cl)c1. The van der Waals surface area contributed by atoms with E-state index >= 15 is 0 Å². The number of halogens is 1. The van der Waals surface area contributed by atoms with Crippen LogP contribution in [0.5, 0.6) is 0 Å². The second-order valence-corrected chi connectivity index (χ2v) is 5.84. The van der Waals surface area contributed by atoms with Crippen LogP contribution in [0.15, 0.2) is 42.5 Å². The molecule has 6 nitrogen and oxygen atoms in total. The fraction of sp³-hybridized carbons (Fsp3) is 0.250. The molecule has 23 heavy (non-hydrogen) atoms. The van der Waals surface area contributed by atoms with Gasteiger partial charge in [-0.2, -0.15) is 0 Å². The van der Waals surface area contributed by atoms with Gasteiger partial charge in [0, 0.05) is 17.6 Å². The number of nitro benzene ring substituents is 1. The van der Waals surface area contributed by atoms with Crippen molar-refractivity contribution < 1.29 is 15.1 Å². The van der Waals surface area contributed by atoms with Gasteiger partial charge in [0.2, 0.25) is 0 Å².